The minimum Gasteiger partial charge on any atom is -0.311 e. The number of rotatable bonds is 3. The summed E-state index contributed by atoms with van der Waals surface area (Å²) in [6.07, 6.45) is 6.50. The van der Waals surface area contributed by atoms with Gasteiger partial charge in [-0.3, -0.25) is 0 Å². The lowest BCUT2D eigenvalue weighted by molar-refractivity contribution is 0.475. The van der Waals surface area contributed by atoms with Crippen LogP contribution in [0.3, 0.4) is 0 Å². The lowest BCUT2D eigenvalue weighted by atomic mass is 9.94. The highest BCUT2D eigenvalue weighted by Gasteiger charge is 2.33. The second kappa shape index (κ2) is 4.17. The molecule has 2 aliphatic rings. The minimum absolute atomic E-state index is 0.131. The first-order valence-corrected chi connectivity index (χ1v) is 6.34. The summed E-state index contributed by atoms with van der Waals surface area (Å²) in [7, 11) is 0. The number of hydrogen-bond acceptors (Lipinski definition) is 1. The van der Waals surface area contributed by atoms with Crippen molar-refractivity contribution in [3.63, 3.8) is 0 Å². The van der Waals surface area contributed by atoms with Gasteiger partial charge in [0.05, 0.1) is 0 Å². The van der Waals surface area contributed by atoms with Crippen molar-refractivity contribution >= 4 is 0 Å². The Labute approximate surface area is 96.1 Å². The van der Waals surface area contributed by atoms with Crippen molar-refractivity contribution in [3.8, 4) is 0 Å². The van der Waals surface area contributed by atoms with Gasteiger partial charge in [0, 0.05) is 12.1 Å². The van der Waals surface area contributed by atoms with Gasteiger partial charge in [-0.2, -0.15) is 0 Å². The fourth-order valence-electron chi connectivity index (χ4n) is 2.82. The van der Waals surface area contributed by atoms with Crippen LogP contribution in [0.4, 0.5) is 4.39 Å². The summed E-state index contributed by atoms with van der Waals surface area (Å²) in [5.74, 6) is 0.467. The van der Waals surface area contributed by atoms with Crippen LogP contribution in [-0.2, 0) is 0 Å². The van der Waals surface area contributed by atoms with Gasteiger partial charge in [0.25, 0.3) is 0 Å². The van der Waals surface area contributed by atoms with Gasteiger partial charge < -0.3 is 5.32 Å². The van der Waals surface area contributed by atoms with Gasteiger partial charge in [-0.25, -0.2) is 4.39 Å². The second-order valence-corrected chi connectivity index (χ2v) is 5.14. The van der Waals surface area contributed by atoms with Gasteiger partial charge in [-0.1, -0.05) is 18.6 Å². The van der Waals surface area contributed by atoms with Gasteiger partial charge in [0.2, 0.25) is 0 Å². The molecule has 2 heteroatoms. The van der Waals surface area contributed by atoms with E-state index in [9.17, 15) is 4.39 Å². The molecule has 0 spiro atoms. The Morgan fingerprint density at radius 1 is 1.00 bits per heavy atom. The quantitative estimate of drug-likeness (QED) is 0.823. The summed E-state index contributed by atoms with van der Waals surface area (Å²) < 4.78 is 12.9. The molecule has 2 unspecified atom stereocenters. The van der Waals surface area contributed by atoms with E-state index in [1.807, 2.05) is 12.1 Å². The highest BCUT2D eigenvalue weighted by atomic mass is 19.1. The van der Waals surface area contributed by atoms with Crippen molar-refractivity contribution < 1.29 is 4.39 Å². The van der Waals surface area contributed by atoms with Gasteiger partial charge >= 0.3 is 0 Å². The molecule has 16 heavy (non-hydrogen) atoms. The van der Waals surface area contributed by atoms with Crippen molar-refractivity contribution in [1.29, 1.82) is 0 Å². The molecule has 2 aliphatic carbocycles. The molecule has 0 bridgehead atoms. The third-order valence-electron chi connectivity index (χ3n) is 3.84. The number of hydrogen-bond donors (Lipinski definition) is 1. The molecule has 0 heterocycles. The van der Waals surface area contributed by atoms with E-state index >= 15 is 0 Å². The van der Waals surface area contributed by atoms with Crippen LogP contribution in [0.25, 0.3) is 0 Å². The Morgan fingerprint density at radius 3 is 2.44 bits per heavy atom. The molecule has 0 aromatic heterocycles. The van der Waals surface area contributed by atoms with E-state index in [-0.39, 0.29) is 5.82 Å². The summed E-state index contributed by atoms with van der Waals surface area (Å²) in [5.41, 5.74) is 1.30. The van der Waals surface area contributed by atoms with Crippen LogP contribution in [0.5, 0.6) is 0 Å². The van der Waals surface area contributed by atoms with Crippen LogP contribution in [0.15, 0.2) is 24.3 Å². The molecule has 2 fully saturated rings. The van der Waals surface area contributed by atoms with Crippen LogP contribution in [0, 0.1) is 5.82 Å². The first-order valence-electron chi connectivity index (χ1n) is 6.34. The Balaban J connectivity index is 1.73. The van der Waals surface area contributed by atoms with E-state index in [1.165, 1.54) is 37.7 Å². The maximum absolute atomic E-state index is 12.9. The zero-order chi connectivity index (χ0) is 11.0. The third kappa shape index (κ3) is 2.12. The van der Waals surface area contributed by atoms with E-state index in [0.29, 0.717) is 12.0 Å². The number of halogens is 1. The van der Waals surface area contributed by atoms with Crippen LogP contribution in [0.1, 0.15) is 43.6 Å². The van der Waals surface area contributed by atoms with E-state index in [4.69, 9.17) is 0 Å². The zero-order valence-corrected chi connectivity index (χ0v) is 9.45. The molecule has 86 valence electrons. The lowest BCUT2D eigenvalue weighted by Gasteiger charge is -2.21. The van der Waals surface area contributed by atoms with Gasteiger partial charge in [0.1, 0.15) is 5.82 Å². The Kier molecular flexibility index (Phi) is 2.68. The molecule has 1 N–H and O–H groups in total. The summed E-state index contributed by atoms with van der Waals surface area (Å²) in [4.78, 5) is 0. The normalized spacial score (nSPS) is 29.6. The van der Waals surface area contributed by atoms with Crippen LogP contribution < -0.4 is 5.32 Å². The molecule has 1 nitrogen and oxygen atoms in total. The van der Waals surface area contributed by atoms with Crippen molar-refractivity contribution in [2.45, 2.75) is 50.1 Å². The molecular formula is C14H18FN. The Morgan fingerprint density at radius 2 is 1.75 bits per heavy atom. The van der Waals surface area contributed by atoms with Crippen molar-refractivity contribution in [3.05, 3.63) is 35.6 Å². The van der Waals surface area contributed by atoms with Crippen LogP contribution in [0.2, 0.25) is 0 Å². The fraction of sp³-hybridized carbons (Fsp3) is 0.571. The fourth-order valence-corrected chi connectivity index (χ4v) is 2.82. The average molecular weight is 219 g/mol. The van der Waals surface area contributed by atoms with Gasteiger partial charge in [-0.15, -0.1) is 0 Å². The smallest absolute Gasteiger partial charge is 0.123 e. The highest BCUT2D eigenvalue weighted by molar-refractivity contribution is 5.23. The van der Waals surface area contributed by atoms with Crippen molar-refractivity contribution in [2.24, 2.45) is 0 Å². The lowest BCUT2D eigenvalue weighted by Crippen LogP contribution is -2.32. The maximum atomic E-state index is 12.9. The van der Waals surface area contributed by atoms with E-state index < -0.39 is 0 Å². The standard InChI is InChI=1S/C14H18FN/c15-11-6-4-10(5-7-11)13-2-1-3-14(13)16-12-8-9-12/h4-7,12-14,16H,1-3,8-9H2. The van der Waals surface area contributed by atoms with Crippen LogP contribution in [-0.4, -0.2) is 12.1 Å². The predicted octanol–water partition coefficient (Wildman–Crippen LogP) is 3.21. The molecule has 0 aliphatic heterocycles. The molecule has 3 rings (SSSR count). The number of benzene rings is 1. The maximum Gasteiger partial charge on any atom is 0.123 e. The molecule has 2 atom stereocenters. The molecule has 1 aromatic rings. The molecule has 0 amide bonds. The van der Waals surface area contributed by atoms with Gasteiger partial charge in [0.15, 0.2) is 0 Å². The predicted molar refractivity (Wildman–Crippen MR) is 62.9 cm³/mol. The molecule has 0 radical (unpaired) electrons. The molecule has 2 saturated carbocycles. The van der Waals surface area contributed by atoms with Crippen LogP contribution >= 0.6 is 0 Å². The van der Waals surface area contributed by atoms with Crippen molar-refractivity contribution in [2.75, 3.05) is 0 Å². The Hall–Kier alpha value is -0.890. The molecular weight excluding hydrogens is 201 g/mol. The van der Waals surface area contributed by atoms with Gasteiger partial charge in [-0.05, 0) is 49.3 Å². The zero-order valence-electron chi connectivity index (χ0n) is 9.45. The Bertz CT molecular complexity index is 356. The third-order valence-corrected chi connectivity index (χ3v) is 3.84. The molecule has 0 saturated heterocycles. The molecule has 1 aromatic carbocycles. The van der Waals surface area contributed by atoms with Crippen molar-refractivity contribution in [1.82, 2.24) is 5.32 Å². The van der Waals surface area contributed by atoms with E-state index in [0.717, 1.165) is 6.04 Å². The first-order chi connectivity index (χ1) is 7.83. The highest BCUT2D eigenvalue weighted by Crippen LogP contribution is 2.36. The first kappa shape index (κ1) is 10.3. The SMILES string of the molecule is Fc1ccc(C2CCCC2NC2CC2)cc1. The second-order valence-electron chi connectivity index (χ2n) is 5.14. The summed E-state index contributed by atoms with van der Waals surface area (Å²) >= 11 is 0. The monoisotopic (exact) mass is 219 g/mol. The average Bonchev–Trinajstić information content (AvgIpc) is 2.97. The number of nitrogens with one attached hydrogen (secondary N) is 1. The summed E-state index contributed by atoms with van der Waals surface area (Å²) in [6.45, 7) is 0. The van der Waals surface area contributed by atoms with E-state index in [1.54, 1.807) is 12.1 Å². The largest absolute Gasteiger partial charge is 0.311 e. The summed E-state index contributed by atoms with van der Waals surface area (Å²) in [5, 5.41) is 3.72. The minimum atomic E-state index is -0.131. The topological polar surface area (TPSA) is 12.0 Å². The summed E-state index contributed by atoms with van der Waals surface area (Å²) in [6, 6.07) is 8.47. The van der Waals surface area contributed by atoms with E-state index in [2.05, 4.69) is 5.32 Å².